The summed E-state index contributed by atoms with van der Waals surface area (Å²) in [5.41, 5.74) is 4.97. The molecule has 8 heteroatoms. The van der Waals surface area contributed by atoms with Crippen LogP contribution in [0.3, 0.4) is 0 Å². The maximum atomic E-state index is 13.6. The molecule has 2 amide bonds. The lowest BCUT2D eigenvalue weighted by atomic mass is 10.0. The number of fused-ring (bicyclic) bond motifs is 2. The van der Waals surface area contributed by atoms with Crippen LogP contribution in [0.2, 0.25) is 0 Å². The number of amides is 2. The van der Waals surface area contributed by atoms with Crippen LogP contribution in [0.1, 0.15) is 55.2 Å². The van der Waals surface area contributed by atoms with Gasteiger partial charge < -0.3 is 24.2 Å². The van der Waals surface area contributed by atoms with Crippen LogP contribution < -0.4 is 4.90 Å². The minimum absolute atomic E-state index is 0.0622. The van der Waals surface area contributed by atoms with Gasteiger partial charge in [-0.2, -0.15) is 0 Å². The predicted octanol–water partition coefficient (Wildman–Crippen LogP) is 3.08. The van der Waals surface area contributed by atoms with Crippen molar-refractivity contribution in [3.63, 3.8) is 0 Å². The highest BCUT2D eigenvalue weighted by molar-refractivity contribution is 5.85. The Morgan fingerprint density at radius 3 is 2.59 bits per heavy atom. The monoisotopic (exact) mass is 506 g/mol. The molecule has 0 bridgehead atoms. The van der Waals surface area contributed by atoms with Crippen molar-refractivity contribution in [2.45, 2.75) is 64.0 Å². The molecule has 37 heavy (non-hydrogen) atoms. The number of rotatable bonds is 8. The number of aryl methyl sites for hydroxylation is 2. The summed E-state index contributed by atoms with van der Waals surface area (Å²) < 4.78 is 11.4. The van der Waals surface area contributed by atoms with Crippen LogP contribution in [-0.2, 0) is 38.4 Å². The number of hydrogen-bond donors (Lipinski definition) is 0. The Balaban J connectivity index is 1.30. The van der Waals surface area contributed by atoms with Gasteiger partial charge in [-0.15, -0.1) is 0 Å². The van der Waals surface area contributed by atoms with E-state index in [1.54, 1.807) is 0 Å². The molecule has 2 aromatic rings. The molecule has 0 N–H and O–H groups in total. The fourth-order valence-electron chi connectivity index (χ4n) is 6.29. The molecule has 0 saturated carbocycles. The molecule has 1 atom stereocenters. The van der Waals surface area contributed by atoms with Crippen molar-refractivity contribution < 1.29 is 19.1 Å². The fraction of sp³-hybridized carbons (Fsp3) is 0.621. The first-order chi connectivity index (χ1) is 18.2. The summed E-state index contributed by atoms with van der Waals surface area (Å²) >= 11 is 0. The maximum Gasteiger partial charge on any atom is 0.252 e. The van der Waals surface area contributed by atoms with Gasteiger partial charge in [-0.3, -0.25) is 9.59 Å². The van der Waals surface area contributed by atoms with Crippen molar-refractivity contribution in [3.8, 4) is 0 Å². The van der Waals surface area contributed by atoms with Gasteiger partial charge in [0.25, 0.3) is 5.91 Å². The average Bonchev–Trinajstić information content (AvgIpc) is 3.69. The molecule has 1 aliphatic carbocycles. The number of morpholine rings is 1. The second-order valence-corrected chi connectivity index (χ2v) is 10.8. The lowest BCUT2D eigenvalue weighted by Crippen LogP contribution is -2.41. The number of likely N-dealkylation sites (tertiary alicyclic amines) is 1. The summed E-state index contributed by atoms with van der Waals surface area (Å²) in [7, 11) is 0. The largest absolute Gasteiger partial charge is 0.378 e. The molecule has 3 fully saturated rings. The van der Waals surface area contributed by atoms with Gasteiger partial charge in [0.1, 0.15) is 11.9 Å². The first-order valence-electron chi connectivity index (χ1n) is 14.1. The van der Waals surface area contributed by atoms with Crippen LogP contribution in [0.25, 0.3) is 10.9 Å². The molecule has 4 aliphatic rings. The molecule has 6 rings (SSSR count). The summed E-state index contributed by atoms with van der Waals surface area (Å²) in [5.74, 6) is 1.26. The zero-order chi connectivity index (χ0) is 25.2. The van der Waals surface area contributed by atoms with E-state index in [1.807, 2.05) is 9.80 Å². The van der Waals surface area contributed by atoms with E-state index in [1.165, 1.54) is 17.5 Å². The van der Waals surface area contributed by atoms with Gasteiger partial charge in [-0.05, 0) is 74.3 Å². The summed E-state index contributed by atoms with van der Waals surface area (Å²) in [4.78, 5) is 37.1. The van der Waals surface area contributed by atoms with Gasteiger partial charge in [0.05, 0.1) is 18.7 Å². The van der Waals surface area contributed by atoms with E-state index in [-0.39, 0.29) is 17.9 Å². The van der Waals surface area contributed by atoms with Crippen molar-refractivity contribution in [1.82, 2.24) is 14.8 Å². The molecule has 1 aromatic heterocycles. The van der Waals surface area contributed by atoms with Crippen molar-refractivity contribution in [2.24, 2.45) is 0 Å². The Labute approximate surface area is 218 Å². The minimum Gasteiger partial charge on any atom is -0.378 e. The van der Waals surface area contributed by atoms with Crippen LogP contribution in [0, 0.1) is 0 Å². The molecule has 8 nitrogen and oxygen atoms in total. The molecule has 3 aliphatic heterocycles. The van der Waals surface area contributed by atoms with Crippen molar-refractivity contribution >= 4 is 28.5 Å². The van der Waals surface area contributed by atoms with Crippen molar-refractivity contribution in [1.29, 1.82) is 0 Å². The smallest absolute Gasteiger partial charge is 0.252 e. The second kappa shape index (κ2) is 11.0. The van der Waals surface area contributed by atoms with E-state index in [2.05, 4.69) is 23.1 Å². The van der Waals surface area contributed by atoms with Crippen LogP contribution >= 0.6 is 0 Å². The lowest BCUT2D eigenvalue weighted by Gasteiger charge is -2.32. The quantitative estimate of drug-likeness (QED) is 0.548. The van der Waals surface area contributed by atoms with E-state index in [0.29, 0.717) is 45.9 Å². The van der Waals surface area contributed by atoms with E-state index in [4.69, 9.17) is 14.5 Å². The Morgan fingerprint density at radius 1 is 1.00 bits per heavy atom. The number of aromatic nitrogens is 1. The molecule has 0 radical (unpaired) electrons. The molecular weight excluding hydrogens is 468 g/mol. The number of nitrogens with zero attached hydrogens (tertiary/aromatic N) is 4. The summed E-state index contributed by atoms with van der Waals surface area (Å²) in [6.07, 6.45) is 7.16. The number of anilines is 1. The fourth-order valence-corrected chi connectivity index (χ4v) is 6.29. The maximum absolute atomic E-state index is 13.6. The van der Waals surface area contributed by atoms with Gasteiger partial charge in [-0.25, -0.2) is 4.98 Å². The standard InChI is InChI=1S/C29H38N4O4/c34-27-8-2-9-31(27)10-4-11-33(29(35)26-7-3-14-37-26)20-24-18-23-17-21-5-1-6-22(21)19-25(23)30-28(24)32-12-15-36-16-13-32/h17-19,26H,1-16,20H2/t26-/m0/s1. The Bertz CT molecular complexity index is 1160. The summed E-state index contributed by atoms with van der Waals surface area (Å²) in [5, 5.41) is 1.15. The van der Waals surface area contributed by atoms with Crippen LogP contribution in [-0.4, -0.2) is 85.2 Å². The van der Waals surface area contributed by atoms with Crippen LogP contribution in [0.15, 0.2) is 18.2 Å². The Kier molecular flexibility index (Phi) is 7.29. The van der Waals surface area contributed by atoms with Gasteiger partial charge >= 0.3 is 0 Å². The minimum atomic E-state index is -0.364. The second-order valence-electron chi connectivity index (χ2n) is 10.8. The highest BCUT2D eigenvalue weighted by atomic mass is 16.5. The highest BCUT2D eigenvalue weighted by Gasteiger charge is 2.30. The Morgan fingerprint density at radius 2 is 1.84 bits per heavy atom. The number of ether oxygens (including phenoxy) is 2. The third kappa shape index (κ3) is 5.32. The van der Waals surface area contributed by atoms with Gasteiger partial charge in [0, 0.05) is 63.2 Å². The SMILES string of the molecule is O=C1CCCN1CCCN(Cc1cc2cc3c(cc2nc1N1CCOCC1)CCC3)C(=O)[C@@H]1CCCO1. The zero-order valence-corrected chi connectivity index (χ0v) is 21.8. The van der Waals surface area contributed by atoms with E-state index in [0.717, 1.165) is 80.4 Å². The number of carbonyl (C=O) groups excluding carboxylic acids is 2. The van der Waals surface area contributed by atoms with Gasteiger partial charge in [-0.1, -0.05) is 0 Å². The molecule has 0 spiro atoms. The molecule has 1 aromatic carbocycles. The number of carbonyl (C=O) groups is 2. The van der Waals surface area contributed by atoms with Crippen molar-refractivity contribution in [2.75, 3.05) is 57.4 Å². The highest BCUT2D eigenvalue weighted by Crippen LogP contribution is 2.31. The topological polar surface area (TPSA) is 75.2 Å². The molecule has 4 heterocycles. The molecular formula is C29H38N4O4. The average molecular weight is 507 g/mol. The first kappa shape index (κ1) is 24.6. The first-order valence-corrected chi connectivity index (χ1v) is 14.1. The zero-order valence-electron chi connectivity index (χ0n) is 21.8. The van der Waals surface area contributed by atoms with Crippen LogP contribution in [0.4, 0.5) is 5.82 Å². The molecule has 0 unspecified atom stereocenters. The third-order valence-corrected chi connectivity index (χ3v) is 8.30. The van der Waals surface area contributed by atoms with Gasteiger partial charge in [0.15, 0.2) is 0 Å². The van der Waals surface area contributed by atoms with E-state index < -0.39 is 0 Å². The Hall–Kier alpha value is -2.71. The van der Waals surface area contributed by atoms with E-state index >= 15 is 0 Å². The lowest BCUT2D eigenvalue weighted by molar-refractivity contribution is -0.141. The van der Waals surface area contributed by atoms with Crippen LogP contribution in [0.5, 0.6) is 0 Å². The number of benzene rings is 1. The molecule has 3 saturated heterocycles. The third-order valence-electron chi connectivity index (χ3n) is 8.30. The van der Waals surface area contributed by atoms with Crippen molar-refractivity contribution in [3.05, 3.63) is 34.9 Å². The summed E-state index contributed by atoms with van der Waals surface area (Å²) in [6.45, 7) is 6.25. The summed E-state index contributed by atoms with van der Waals surface area (Å²) in [6, 6.07) is 6.84. The number of hydrogen-bond acceptors (Lipinski definition) is 6. The number of pyridine rings is 1. The normalized spacial score (nSPS) is 21.7. The van der Waals surface area contributed by atoms with Gasteiger partial charge in [0.2, 0.25) is 5.91 Å². The van der Waals surface area contributed by atoms with E-state index in [9.17, 15) is 9.59 Å². The molecule has 198 valence electrons. The predicted molar refractivity (Wildman–Crippen MR) is 142 cm³/mol.